The van der Waals surface area contributed by atoms with Crippen molar-refractivity contribution < 1.29 is 18.9 Å². The zero-order valence-corrected chi connectivity index (χ0v) is 15.5. The molecule has 1 aromatic carbocycles. The molecule has 26 heavy (non-hydrogen) atoms. The van der Waals surface area contributed by atoms with Crippen molar-refractivity contribution in [2.75, 3.05) is 47.0 Å². The molecule has 2 N–H and O–H groups in total. The van der Waals surface area contributed by atoms with Crippen LogP contribution in [0.1, 0.15) is 18.4 Å². The molecule has 0 saturated carbocycles. The Morgan fingerprint density at radius 2 is 1.88 bits per heavy atom. The number of benzene rings is 1. The molecule has 0 radical (unpaired) electrons. The molecule has 0 bridgehead atoms. The fraction of sp³-hybridized carbons (Fsp3) is 0.600. The summed E-state index contributed by atoms with van der Waals surface area (Å²) >= 11 is 0. The van der Waals surface area contributed by atoms with Crippen molar-refractivity contribution >= 4 is 5.57 Å². The van der Waals surface area contributed by atoms with Crippen LogP contribution in [0.2, 0.25) is 0 Å². The van der Waals surface area contributed by atoms with Gasteiger partial charge in [0.15, 0.2) is 11.5 Å². The van der Waals surface area contributed by atoms with E-state index in [4.69, 9.17) is 18.9 Å². The van der Waals surface area contributed by atoms with Crippen molar-refractivity contribution in [2.45, 2.75) is 18.9 Å². The topological polar surface area (TPSA) is 61.0 Å². The predicted octanol–water partition coefficient (Wildman–Crippen LogP) is 2.04. The smallest absolute Gasteiger partial charge is 0.164 e. The number of hydrogen-bond donors (Lipinski definition) is 2. The van der Waals surface area contributed by atoms with E-state index in [1.54, 1.807) is 14.2 Å². The van der Waals surface area contributed by atoms with E-state index < -0.39 is 0 Å². The number of fused-ring (bicyclic) bond motifs is 3. The number of ether oxygens (including phenoxy) is 4. The SMILES string of the molecule is COc1cc2c(cc1OC)C1=COC(CNCC3CCNCC3)C1CO2. The van der Waals surface area contributed by atoms with Gasteiger partial charge in [0.1, 0.15) is 11.9 Å². The first-order valence-electron chi connectivity index (χ1n) is 9.46. The highest BCUT2D eigenvalue weighted by atomic mass is 16.5. The summed E-state index contributed by atoms with van der Waals surface area (Å²) in [6, 6.07) is 3.88. The summed E-state index contributed by atoms with van der Waals surface area (Å²) in [5, 5.41) is 7.02. The summed E-state index contributed by atoms with van der Waals surface area (Å²) in [7, 11) is 3.29. The van der Waals surface area contributed by atoms with Crippen LogP contribution in [-0.2, 0) is 4.74 Å². The standard InChI is InChI=1S/C20H28N2O4/c1-23-18-7-14-15-11-26-20(10-22-9-13-3-5-21-6-4-13)16(15)12-25-17(14)8-19(18)24-2/h7-8,11,13,16,20-22H,3-6,9-10,12H2,1-2H3. The fourth-order valence-corrected chi connectivity index (χ4v) is 4.09. The first-order chi connectivity index (χ1) is 12.8. The van der Waals surface area contributed by atoms with Gasteiger partial charge in [-0.3, -0.25) is 0 Å². The van der Waals surface area contributed by atoms with Gasteiger partial charge in [0.05, 0.1) is 33.0 Å². The van der Waals surface area contributed by atoms with E-state index in [9.17, 15) is 0 Å². The van der Waals surface area contributed by atoms with Crippen molar-refractivity contribution in [3.8, 4) is 17.2 Å². The minimum atomic E-state index is 0.118. The third-order valence-corrected chi connectivity index (χ3v) is 5.67. The highest BCUT2D eigenvalue weighted by Gasteiger charge is 2.38. The second-order valence-electron chi connectivity index (χ2n) is 7.22. The molecule has 3 aliphatic rings. The van der Waals surface area contributed by atoms with E-state index in [-0.39, 0.29) is 12.0 Å². The zero-order chi connectivity index (χ0) is 17.9. The van der Waals surface area contributed by atoms with Gasteiger partial charge in [0.2, 0.25) is 0 Å². The number of nitrogens with one attached hydrogen (secondary N) is 2. The number of piperidine rings is 1. The summed E-state index contributed by atoms with van der Waals surface area (Å²) in [5.41, 5.74) is 2.24. The van der Waals surface area contributed by atoms with Crippen LogP contribution in [0.4, 0.5) is 0 Å². The van der Waals surface area contributed by atoms with Crippen LogP contribution in [0.3, 0.4) is 0 Å². The van der Waals surface area contributed by atoms with Crippen molar-refractivity contribution in [1.29, 1.82) is 0 Å². The monoisotopic (exact) mass is 360 g/mol. The molecule has 2 unspecified atom stereocenters. The predicted molar refractivity (Wildman–Crippen MR) is 99.8 cm³/mol. The van der Waals surface area contributed by atoms with Crippen LogP contribution in [0.5, 0.6) is 17.2 Å². The third kappa shape index (κ3) is 3.35. The molecule has 142 valence electrons. The van der Waals surface area contributed by atoms with Crippen molar-refractivity contribution in [2.24, 2.45) is 11.8 Å². The Kier molecular flexibility index (Phi) is 5.22. The fourth-order valence-electron chi connectivity index (χ4n) is 4.09. The van der Waals surface area contributed by atoms with E-state index in [0.29, 0.717) is 18.1 Å². The maximum atomic E-state index is 6.01. The molecule has 1 saturated heterocycles. The van der Waals surface area contributed by atoms with Crippen LogP contribution in [-0.4, -0.2) is 53.1 Å². The molecule has 2 atom stereocenters. The molecule has 0 aliphatic carbocycles. The van der Waals surface area contributed by atoms with Crippen LogP contribution >= 0.6 is 0 Å². The Balaban J connectivity index is 1.40. The Labute approximate surface area is 154 Å². The van der Waals surface area contributed by atoms with Crippen LogP contribution in [0, 0.1) is 11.8 Å². The largest absolute Gasteiger partial charge is 0.496 e. The Hall–Kier alpha value is -1.92. The minimum Gasteiger partial charge on any atom is -0.496 e. The van der Waals surface area contributed by atoms with Crippen molar-refractivity contribution in [1.82, 2.24) is 10.6 Å². The van der Waals surface area contributed by atoms with Crippen molar-refractivity contribution in [3.63, 3.8) is 0 Å². The summed E-state index contributed by atoms with van der Waals surface area (Å²) in [5.74, 6) is 3.25. The van der Waals surface area contributed by atoms with Gasteiger partial charge in [0.25, 0.3) is 0 Å². The molecule has 4 rings (SSSR count). The summed E-state index contributed by atoms with van der Waals surface area (Å²) in [6.45, 7) is 4.81. The molecule has 3 aliphatic heterocycles. The lowest BCUT2D eigenvalue weighted by Gasteiger charge is -2.29. The molecule has 6 heteroatoms. The van der Waals surface area contributed by atoms with E-state index in [1.807, 2.05) is 18.4 Å². The average molecular weight is 360 g/mol. The molecule has 6 nitrogen and oxygen atoms in total. The Morgan fingerprint density at radius 1 is 1.12 bits per heavy atom. The molecule has 0 spiro atoms. The van der Waals surface area contributed by atoms with Gasteiger partial charge in [-0.2, -0.15) is 0 Å². The summed E-state index contributed by atoms with van der Waals surface area (Å²) in [4.78, 5) is 0. The first-order valence-corrected chi connectivity index (χ1v) is 9.46. The number of rotatable bonds is 6. The second-order valence-corrected chi connectivity index (χ2v) is 7.22. The first kappa shape index (κ1) is 17.5. The van der Waals surface area contributed by atoms with E-state index >= 15 is 0 Å². The lowest BCUT2D eigenvalue weighted by molar-refractivity contribution is 0.104. The molecule has 0 aromatic heterocycles. The number of methoxy groups -OCH3 is 2. The molecule has 1 aromatic rings. The minimum absolute atomic E-state index is 0.118. The third-order valence-electron chi connectivity index (χ3n) is 5.67. The van der Waals surface area contributed by atoms with E-state index in [2.05, 4.69) is 10.6 Å². The molecule has 3 heterocycles. The van der Waals surface area contributed by atoms with Gasteiger partial charge < -0.3 is 29.6 Å². The Bertz CT molecular complexity index is 670. The van der Waals surface area contributed by atoms with E-state index in [1.165, 1.54) is 18.4 Å². The zero-order valence-electron chi connectivity index (χ0n) is 15.5. The van der Waals surface area contributed by atoms with Crippen LogP contribution in [0.25, 0.3) is 5.57 Å². The van der Waals surface area contributed by atoms with Gasteiger partial charge in [-0.1, -0.05) is 0 Å². The molecule has 1 fully saturated rings. The molecule has 0 amide bonds. The van der Waals surface area contributed by atoms with Gasteiger partial charge in [-0.05, 0) is 44.5 Å². The van der Waals surface area contributed by atoms with Gasteiger partial charge >= 0.3 is 0 Å². The average Bonchev–Trinajstić information content (AvgIpc) is 3.11. The van der Waals surface area contributed by atoms with Gasteiger partial charge in [-0.15, -0.1) is 0 Å². The lowest BCUT2D eigenvalue weighted by Crippen LogP contribution is -2.39. The number of hydrogen-bond acceptors (Lipinski definition) is 6. The summed E-state index contributed by atoms with van der Waals surface area (Å²) < 4.78 is 22.8. The van der Waals surface area contributed by atoms with Gasteiger partial charge in [0, 0.05) is 23.7 Å². The van der Waals surface area contributed by atoms with Gasteiger partial charge in [-0.25, -0.2) is 0 Å². The maximum Gasteiger partial charge on any atom is 0.164 e. The second kappa shape index (κ2) is 7.76. The highest BCUT2D eigenvalue weighted by molar-refractivity contribution is 5.77. The lowest BCUT2D eigenvalue weighted by atomic mass is 9.88. The normalized spacial score (nSPS) is 24.8. The van der Waals surface area contributed by atoms with Crippen LogP contribution < -0.4 is 24.8 Å². The van der Waals surface area contributed by atoms with E-state index in [0.717, 1.165) is 43.4 Å². The quantitative estimate of drug-likeness (QED) is 0.810. The molecular weight excluding hydrogens is 332 g/mol. The van der Waals surface area contributed by atoms with Crippen LogP contribution in [0.15, 0.2) is 18.4 Å². The summed E-state index contributed by atoms with van der Waals surface area (Å²) in [6.07, 6.45) is 4.52. The molecular formula is C20H28N2O4. The van der Waals surface area contributed by atoms with Crippen molar-refractivity contribution in [3.05, 3.63) is 24.0 Å². The highest BCUT2D eigenvalue weighted by Crippen LogP contribution is 2.46. The Morgan fingerprint density at radius 3 is 2.65 bits per heavy atom. The maximum absolute atomic E-state index is 6.01.